The minimum atomic E-state index is 0.0829. The third-order valence-electron chi connectivity index (χ3n) is 3.95. The predicted molar refractivity (Wildman–Crippen MR) is 87.7 cm³/mol. The number of hydrogen-bond donors (Lipinski definition) is 1. The minimum absolute atomic E-state index is 0.0829. The summed E-state index contributed by atoms with van der Waals surface area (Å²) < 4.78 is 6.12. The first-order valence-corrected chi connectivity index (χ1v) is 8.19. The van der Waals surface area contributed by atoms with E-state index in [0.29, 0.717) is 19.2 Å². The zero-order valence-electron chi connectivity index (χ0n) is 12.7. The minimum Gasteiger partial charge on any atom is -0.383 e. The molecule has 0 aliphatic carbocycles. The van der Waals surface area contributed by atoms with E-state index in [9.17, 15) is 4.79 Å². The lowest BCUT2D eigenvalue weighted by molar-refractivity contribution is 0.0678. The van der Waals surface area contributed by atoms with Crippen molar-refractivity contribution in [2.24, 2.45) is 0 Å². The van der Waals surface area contributed by atoms with Gasteiger partial charge in [-0.2, -0.15) is 0 Å². The van der Waals surface area contributed by atoms with Gasteiger partial charge in [-0.3, -0.25) is 4.79 Å². The molecule has 1 amide bonds. The Kier molecular flexibility index (Phi) is 6.21. The van der Waals surface area contributed by atoms with Crippen LogP contribution in [-0.4, -0.2) is 50.2 Å². The van der Waals surface area contributed by atoms with Crippen LogP contribution < -0.4 is 5.32 Å². The number of carbonyl (C=O) groups is 1. The Labute approximate surface area is 135 Å². The number of rotatable bonds is 6. The molecular weight excluding hydrogens is 332 g/mol. The van der Waals surface area contributed by atoms with E-state index in [1.54, 1.807) is 7.11 Å². The van der Waals surface area contributed by atoms with E-state index < -0.39 is 0 Å². The summed E-state index contributed by atoms with van der Waals surface area (Å²) in [5, 5.41) is 3.45. The first-order valence-electron chi connectivity index (χ1n) is 7.40. The molecule has 0 bridgehead atoms. The van der Waals surface area contributed by atoms with Gasteiger partial charge in [0.15, 0.2) is 0 Å². The Bertz CT molecular complexity index is 487. The van der Waals surface area contributed by atoms with Gasteiger partial charge in [0, 0.05) is 36.3 Å². The molecule has 1 heterocycles. The molecule has 1 aliphatic heterocycles. The normalized spacial score (nSPS) is 18.0. The van der Waals surface area contributed by atoms with Crippen LogP contribution in [0.15, 0.2) is 22.7 Å². The average Bonchev–Trinajstić information content (AvgIpc) is 2.98. The third-order valence-corrected chi connectivity index (χ3v) is 4.81. The molecule has 1 saturated heterocycles. The van der Waals surface area contributed by atoms with Gasteiger partial charge in [0.05, 0.1) is 6.61 Å². The zero-order valence-corrected chi connectivity index (χ0v) is 14.3. The van der Waals surface area contributed by atoms with E-state index in [-0.39, 0.29) is 5.91 Å². The van der Waals surface area contributed by atoms with Crippen LogP contribution in [0.3, 0.4) is 0 Å². The molecule has 1 fully saturated rings. The molecule has 1 aromatic carbocycles. The van der Waals surface area contributed by atoms with Crippen LogP contribution in [0.1, 0.15) is 28.8 Å². The van der Waals surface area contributed by atoms with Gasteiger partial charge in [-0.05, 0) is 44.0 Å². The molecule has 4 nitrogen and oxygen atoms in total. The molecule has 1 atom stereocenters. The molecule has 21 heavy (non-hydrogen) atoms. The molecular formula is C16H23BrN2O2. The second-order valence-corrected chi connectivity index (χ2v) is 6.30. The lowest BCUT2D eigenvalue weighted by Crippen LogP contribution is -2.42. The summed E-state index contributed by atoms with van der Waals surface area (Å²) >= 11 is 3.50. The molecule has 2 rings (SSSR count). The lowest BCUT2D eigenvalue weighted by Gasteiger charge is -2.26. The maximum Gasteiger partial charge on any atom is 0.254 e. The zero-order chi connectivity index (χ0) is 15.2. The number of ether oxygens (including phenoxy) is 1. The van der Waals surface area contributed by atoms with Crippen LogP contribution in [0.4, 0.5) is 0 Å². The van der Waals surface area contributed by atoms with Crippen molar-refractivity contribution in [3.8, 4) is 0 Å². The van der Waals surface area contributed by atoms with Crippen molar-refractivity contribution >= 4 is 21.8 Å². The fourth-order valence-electron chi connectivity index (χ4n) is 2.67. The van der Waals surface area contributed by atoms with Gasteiger partial charge in [-0.25, -0.2) is 0 Å². The largest absolute Gasteiger partial charge is 0.383 e. The lowest BCUT2D eigenvalue weighted by atomic mass is 10.1. The van der Waals surface area contributed by atoms with Crippen molar-refractivity contribution in [1.82, 2.24) is 10.2 Å². The quantitative estimate of drug-likeness (QED) is 0.853. The van der Waals surface area contributed by atoms with E-state index in [1.165, 1.54) is 6.42 Å². The standard InChI is InChI=1S/C16H23BrN2O2/c1-12-14(6-3-7-15(12)17)16(20)19(9-10-21-2)11-13-5-4-8-18-13/h3,6-7,13,18H,4-5,8-11H2,1-2H3. The molecule has 1 unspecified atom stereocenters. The number of nitrogens with zero attached hydrogens (tertiary/aromatic N) is 1. The van der Waals surface area contributed by atoms with Crippen molar-refractivity contribution in [3.05, 3.63) is 33.8 Å². The average molecular weight is 355 g/mol. The van der Waals surface area contributed by atoms with Crippen LogP contribution in [-0.2, 0) is 4.74 Å². The highest BCUT2D eigenvalue weighted by Crippen LogP contribution is 2.21. The number of benzene rings is 1. The number of carbonyl (C=O) groups excluding carboxylic acids is 1. The number of nitrogens with one attached hydrogen (secondary N) is 1. The number of methoxy groups -OCH3 is 1. The van der Waals surface area contributed by atoms with E-state index in [2.05, 4.69) is 21.2 Å². The fraction of sp³-hybridized carbons (Fsp3) is 0.562. The van der Waals surface area contributed by atoms with Crippen LogP contribution in [0.5, 0.6) is 0 Å². The molecule has 5 heteroatoms. The summed E-state index contributed by atoms with van der Waals surface area (Å²) in [6.07, 6.45) is 2.32. The van der Waals surface area contributed by atoms with Crippen molar-refractivity contribution < 1.29 is 9.53 Å². The second-order valence-electron chi connectivity index (χ2n) is 5.45. The Morgan fingerprint density at radius 2 is 2.33 bits per heavy atom. The van der Waals surface area contributed by atoms with E-state index >= 15 is 0 Å². The van der Waals surface area contributed by atoms with Gasteiger partial charge in [0.1, 0.15) is 0 Å². The highest BCUT2D eigenvalue weighted by atomic mass is 79.9. The summed E-state index contributed by atoms with van der Waals surface area (Å²) in [5.74, 6) is 0.0829. The molecule has 116 valence electrons. The van der Waals surface area contributed by atoms with Crippen molar-refractivity contribution in [2.75, 3.05) is 33.4 Å². The number of halogens is 1. The summed E-state index contributed by atoms with van der Waals surface area (Å²) in [7, 11) is 1.67. The van der Waals surface area contributed by atoms with Gasteiger partial charge in [-0.1, -0.05) is 22.0 Å². The van der Waals surface area contributed by atoms with E-state index in [0.717, 1.165) is 35.1 Å². The molecule has 1 aromatic rings. The highest BCUT2D eigenvalue weighted by molar-refractivity contribution is 9.10. The summed E-state index contributed by atoms with van der Waals surface area (Å²) in [6, 6.07) is 6.17. The van der Waals surface area contributed by atoms with Crippen LogP contribution in [0.25, 0.3) is 0 Å². The summed E-state index contributed by atoms with van der Waals surface area (Å²) in [6.45, 7) is 4.95. The van der Waals surface area contributed by atoms with E-state index in [4.69, 9.17) is 4.74 Å². The first kappa shape index (κ1) is 16.5. The van der Waals surface area contributed by atoms with Crippen LogP contribution in [0.2, 0.25) is 0 Å². The maximum atomic E-state index is 12.8. The fourth-order valence-corrected chi connectivity index (χ4v) is 3.03. The molecule has 0 spiro atoms. The van der Waals surface area contributed by atoms with Crippen molar-refractivity contribution in [3.63, 3.8) is 0 Å². The summed E-state index contributed by atoms with van der Waals surface area (Å²) in [4.78, 5) is 14.7. The monoisotopic (exact) mass is 354 g/mol. The third kappa shape index (κ3) is 4.28. The molecule has 0 radical (unpaired) electrons. The van der Waals surface area contributed by atoms with Crippen molar-refractivity contribution in [2.45, 2.75) is 25.8 Å². The Hall–Kier alpha value is -0.910. The number of amides is 1. The Balaban J connectivity index is 2.13. The van der Waals surface area contributed by atoms with Gasteiger partial charge in [0.25, 0.3) is 5.91 Å². The van der Waals surface area contributed by atoms with Crippen LogP contribution in [0, 0.1) is 6.92 Å². The molecule has 1 N–H and O–H groups in total. The first-order chi connectivity index (χ1) is 10.1. The van der Waals surface area contributed by atoms with Crippen LogP contribution >= 0.6 is 15.9 Å². The topological polar surface area (TPSA) is 41.6 Å². The Morgan fingerprint density at radius 1 is 1.52 bits per heavy atom. The molecule has 0 aromatic heterocycles. The van der Waals surface area contributed by atoms with Gasteiger partial charge < -0.3 is 15.0 Å². The van der Waals surface area contributed by atoms with Gasteiger partial charge in [0.2, 0.25) is 0 Å². The maximum absolute atomic E-state index is 12.8. The highest BCUT2D eigenvalue weighted by Gasteiger charge is 2.23. The van der Waals surface area contributed by atoms with Gasteiger partial charge >= 0.3 is 0 Å². The SMILES string of the molecule is COCCN(CC1CCCN1)C(=O)c1cccc(Br)c1C. The smallest absolute Gasteiger partial charge is 0.254 e. The number of hydrogen-bond acceptors (Lipinski definition) is 3. The summed E-state index contributed by atoms with van der Waals surface area (Å²) in [5.41, 5.74) is 1.75. The second kappa shape index (κ2) is 7.92. The molecule has 0 saturated carbocycles. The predicted octanol–water partition coefficient (Wildman–Crippen LogP) is 2.60. The van der Waals surface area contributed by atoms with E-state index in [1.807, 2.05) is 30.0 Å². The van der Waals surface area contributed by atoms with Crippen molar-refractivity contribution in [1.29, 1.82) is 0 Å². The Morgan fingerprint density at radius 3 is 3.00 bits per heavy atom. The molecule has 1 aliphatic rings. The van der Waals surface area contributed by atoms with Gasteiger partial charge in [-0.15, -0.1) is 0 Å².